The van der Waals surface area contributed by atoms with Crippen LogP contribution in [0.4, 0.5) is 11.4 Å². The molecule has 2 aromatic heterocycles. The lowest BCUT2D eigenvalue weighted by Gasteiger charge is -2.37. The predicted molar refractivity (Wildman–Crippen MR) is 165 cm³/mol. The number of halogens is 1. The van der Waals surface area contributed by atoms with Crippen molar-refractivity contribution in [2.75, 3.05) is 22.9 Å². The normalized spacial score (nSPS) is 23.2. The zero-order valence-electron chi connectivity index (χ0n) is 22.6. The third-order valence-electron chi connectivity index (χ3n) is 7.91. The average molecular weight is 556 g/mol. The molecule has 6 rings (SSSR count). The average Bonchev–Trinajstić information content (AvgIpc) is 3.53. The Morgan fingerprint density at radius 1 is 0.923 bits per heavy atom. The van der Waals surface area contributed by atoms with Crippen LogP contribution in [0.2, 0.25) is 5.02 Å². The summed E-state index contributed by atoms with van der Waals surface area (Å²) in [5.74, 6) is 1.30. The van der Waals surface area contributed by atoms with E-state index in [1.807, 2.05) is 18.3 Å². The minimum atomic E-state index is -0.125. The molecule has 0 bridgehead atoms. The Bertz CT molecular complexity index is 1460. The van der Waals surface area contributed by atoms with E-state index in [4.69, 9.17) is 28.8 Å². The number of pyridine rings is 1. The molecule has 4 atom stereocenters. The molecule has 2 fully saturated rings. The van der Waals surface area contributed by atoms with Crippen molar-refractivity contribution >= 4 is 40.3 Å². The molecule has 5 nitrogen and oxygen atoms in total. The minimum absolute atomic E-state index is 0.124. The monoisotopic (exact) mass is 555 g/mol. The van der Waals surface area contributed by atoms with Gasteiger partial charge in [-0.25, -0.2) is 0 Å². The molecule has 4 heterocycles. The number of nitrogens with one attached hydrogen (secondary N) is 1. The quantitative estimate of drug-likeness (QED) is 0.258. The van der Waals surface area contributed by atoms with Gasteiger partial charge in [0.05, 0.1) is 22.4 Å². The molecule has 2 aliphatic rings. The van der Waals surface area contributed by atoms with E-state index in [0.717, 1.165) is 46.6 Å². The molecule has 0 amide bonds. The van der Waals surface area contributed by atoms with E-state index in [1.165, 1.54) is 12.0 Å². The number of benzene rings is 2. The summed E-state index contributed by atoms with van der Waals surface area (Å²) in [7, 11) is 0. The summed E-state index contributed by atoms with van der Waals surface area (Å²) < 4.78 is 2.25. The van der Waals surface area contributed by atoms with Crippen LogP contribution in [0.25, 0.3) is 5.69 Å². The van der Waals surface area contributed by atoms with Gasteiger partial charge in [-0.3, -0.25) is 4.98 Å². The van der Waals surface area contributed by atoms with Gasteiger partial charge in [-0.1, -0.05) is 49.2 Å². The van der Waals surface area contributed by atoms with Gasteiger partial charge in [0, 0.05) is 42.6 Å². The number of piperidine rings is 1. The third kappa shape index (κ3) is 5.04. The largest absolute Gasteiger partial charge is 0.370 e. The molecule has 0 saturated carbocycles. The fourth-order valence-electron chi connectivity index (χ4n) is 6.27. The van der Waals surface area contributed by atoms with Gasteiger partial charge in [-0.2, -0.15) is 0 Å². The number of hydrogen-bond donors (Lipinski definition) is 1. The van der Waals surface area contributed by atoms with E-state index in [1.54, 1.807) is 0 Å². The van der Waals surface area contributed by atoms with Gasteiger partial charge in [-0.15, -0.1) is 0 Å². The molecule has 4 aromatic rings. The van der Waals surface area contributed by atoms with E-state index >= 15 is 0 Å². The fraction of sp³-hybridized carbons (Fsp3) is 0.312. The number of anilines is 2. The van der Waals surface area contributed by atoms with Gasteiger partial charge < -0.3 is 19.7 Å². The second kappa shape index (κ2) is 10.7. The first-order valence-corrected chi connectivity index (χ1v) is 14.5. The number of thiocarbonyl (C=S) groups is 1. The number of rotatable bonds is 5. The highest BCUT2D eigenvalue weighted by Gasteiger charge is 2.42. The Morgan fingerprint density at radius 2 is 1.67 bits per heavy atom. The maximum Gasteiger partial charge on any atom is 0.174 e. The highest BCUT2D eigenvalue weighted by Crippen LogP contribution is 2.44. The van der Waals surface area contributed by atoms with Gasteiger partial charge in [0.1, 0.15) is 6.04 Å². The zero-order chi connectivity index (χ0) is 27.1. The van der Waals surface area contributed by atoms with Gasteiger partial charge in [0.15, 0.2) is 5.11 Å². The second-order valence-electron chi connectivity index (χ2n) is 11.1. The maximum absolute atomic E-state index is 7.00. The van der Waals surface area contributed by atoms with Crippen molar-refractivity contribution in [3.63, 3.8) is 0 Å². The van der Waals surface area contributed by atoms with Gasteiger partial charge in [-0.05, 0) is 92.0 Å². The van der Waals surface area contributed by atoms with Crippen molar-refractivity contribution in [3.8, 4) is 5.69 Å². The van der Waals surface area contributed by atoms with Gasteiger partial charge in [0.2, 0.25) is 0 Å². The van der Waals surface area contributed by atoms with Crippen LogP contribution in [-0.2, 0) is 0 Å². The first kappa shape index (κ1) is 25.9. The highest BCUT2D eigenvalue weighted by molar-refractivity contribution is 7.80. The Labute approximate surface area is 241 Å². The molecule has 0 spiro atoms. The van der Waals surface area contributed by atoms with E-state index in [2.05, 4.69) is 107 Å². The van der Waals surface area contributed by atoms with Crippen molar-refractivity contribution in [3.05, 3.63) is 107 Å². The summed E-state index contributed by atoms with van der Waals surface area (Å²) in [4.78, 5) is 9.35. The van der Waals surface area contributed by atoms with Crippen molar-refractivity contribution < 1.29 is 0 Å². The van der Waals surface area contributed by atoms with Crippen LogP contribution in [0.3, 0.4) is 0 Å². The topological polar surface area (TPSA) is 36.3 Å². The third-order valence-corrected chi connectivity index (χ3v) is 8.53. The lowest BCUT2D eigenvalue weighted by molar-refractivity contribution is 0.357. The molecular formula is C32H34ClN5S. The predicted octanol–water partition coefficient (Wildman–Crippen LogP) is 7.49. The standard InChI is InChI=1S/C32H34ClN5S/c1-21-9-11-24(12-10-21)37-16-6-8-29(37)31-30(27-7-4-5-15-34-27)35-32(39)38(31)25-13-14-28(26(33)18-25)36-19-22(2)17-23(3)20-36/h4-16,18,22-23,30-31H,17,19-20H2,1-3H3,(H,35,39)/t22-,23+,30-,31-/m0/s1. The van der Waals surface area contributed by atoms with E-state index in [0.29, 0.717) is 16.9 Å². The van der Waals surface area contributed by atoms with E-state index in [-0.39, 0.29) is 12.1 Å². The number of aryl methyl sites for hydroxylation is 1. The molecule has 0 aliphatic carbocycles. The second-order valence-corrected chi connectivity index (χ2v) is 11.9. The van der Waals surface area contributed by atoms with Crippen molar-refractivity contribution in [2.45, 2.75) is 39.3 Å². The molecule has 1 N–H and O–H groups in total. The Balaban J connectivity index is 1.42. The maximum atomic E-state index is 7.00. The molecule has 2 aliphatic heterocycles. The molecule has 39 heavy (non-hydrogen) atoms. The first-order valence-electron chi connectivity index (χ1n) is 13.7. The Kier molecular flexibility index (Phi) is 7.08. The molecule has 0 radical (unpaired) electrons. The van der Waals surface area contributed by atoms with Crippen LogP contribution >= 0.6 is 23.8 Å². The lowest BCUT2D eigenvalue weighted by Crippen LogP contribution is -2.38. The van der Waals surface area contributed by atoms with Gasteiger partial charge in [0.25, 0.3) is 0 Å². The molecule has 2 saturated heterocycles. The molecule has 200 valence electrons. The van der Waals surface area contributed by atoms with Crippen molar-refractivity contribution in [1.82, 2.24) is 14.9 Å². The fourth-order valence-corrected chi connectivity index (χ4v) is 6.91. The first-order chi connectivity index (χ1) is 18.9. The molecule has 0 unspecified atom stereocenters. The number of nitrogens with zero attached hydrogens (tertiary/aromatic N) is 4. The summed E-state index contributed by atoms with van der Waals surface area (Å²) in [5.41, 5.74) is 6.48. The van der Waals surface area contributed by atoms with Crippen LogP contribution in [0, 0.1) is 18.8 Å². The van der Waals surface area contributed by atoms with Crippen molar-refractivity contribution in [1.29, 1.82) is 0 Å². The van der Waals surface area contributed by atoms with Gasteiger partial charge >= 0.3 is 0 Å². The minimum Gasteiger partial charge on any atom is -0.370 e. The molecule has 7 heteroatoms. The van der Waals surface area contributed by atoms with Crippen LogP contribution in [0.5, 0.6) is 0 Å². The molecule has 2 aromatic carbocycles. The number of hydrogen-bond acceptors (Lipinski definition) is 3. The number of aromatic nitrogens is 2. The Morgan fingerprint density at radius 3 is 2.36 bits per heavy atom. The van der Waals surface area contributed by atoms with Crippen LogP contribution in [0.1, 0.15) is 49.3 Å². The van der Waals surface area contributed by atoms with E-state index in [9.17, 15) is 0 Å². The summed E-state index contributed by atoms with van der Waals surface area (Å²) >= 11 is 13.0. The SMILES string of the molecule is Cc1ccc(-n2cccc2[C@H]2[C@H](c3ccccn3)NC(=S)N2c2ccc(N3C[C@H](C)C[C@H](C)C3)c(Cl)c2)cc1. The molecular weight excluding hydrogens is 522 g/mol. The van der Waals surface area contributed by atoms with Crippen LogP contribution in [0.15, 0.2) is 85.2 Å². The highest BCUT2D eigenvalue weighted by atomic mass is 35.5. The summed E-state index contributed by atoms with van der Waals surface area (Å²) in [6.45, 7) is 8.82. The van der Waals surface area contributed by atoms with E-state index < -0.39 is 0 Å². The lowest BCUT2D eigenvalue weighted by atomic mass is 9.91. The summed E-state index contributed by atoms with van der Waals surface area (Å²) in [6, 6.07) is 25.1. The summed E-state index contributed by atoms with van der Waals surface area (Å²) in [5, 5.41) is 5.00. The van der Waals surface area contributed by atoms with Crippen LogP contribution < -0.4 is 15.1 Å². The zero-order valence-corrected chi connectivity index (χ0v) is 24.2. The van der Waals surface area contributed by atoms with Crippen LogP contribution in [-0.4, -0.2) is 27.8 Å². The van der Waals surface area contributed by atoms with Crippen molar-refractivity contribution in [2.24, 2.45) is 11.8 Å². The Hall–Kier alpha value is -3.35. The smallest absolute Gasteiger partial charge is 0.174 e. The summed E-state index contributed by atoms with van der Waals surface area (Å²) in [6.07, 6.45) is 5.21.